The van der Waals surface area contributed by atoms with Crippen LogP contribution in [0.5, 0.6) is 5.75 Å². The van der Waals surface area contributed by atoms with Crippen LogP contribution in [0, 0.1) is 24.6 Å². The number of hydrogen-bond donors (Lipinski definition) is 0. The minimum absolute atomic E-state index is 0.130. The van der Waals surface area contributed by atoms with Gasteiger partial charge in [-0.1, -0.05) is 0 Å². The molecular formula is C18H22F4O. The van der Waals surface area contributed by atoms with Crippen molar-refractivity contribution in [2.24, 2.45) is 11.8 Å². The Labute approximate surface area is 134 Å². The number of alkyl halides is 3. The fourth-order valence-corrected chi connectivity index (χ4v) is 3.39. The van der Waals surface area contributed by atoms with Gasteiger partial charge >= 0.3 is 6.18 Å². The number of benzene rings is 1. The molecule has 2 aliphatic rings. The average Bonchev–Trinajstić information content (AvgIpc) is 3.32. The van der Waals surface area contributed by atoms with Crippen molar-refractivity contribution in [3.63, 3.8) is 0 Å². The first-order chi connectivity index (χ1) is 10.8. The van der Waals surface area contributed by atoms with Crippen LogP contribution in [0.25, 0.3) is 0 Å². The fraction of sp³-hybridized carbons (Fsp3) is 0.667. The summed E-state index contributed by atoms with van der Waals surface area (Å²) >= 11 is 0. The third-order valence-electron chi connectivity index (χ3n) is 5.09. The van der Waals surface area contributed by atoms with Gasteiger partial charge in [0.1, 0.15) is 11.6 Å². The van der Waals surface area contributed by atoms with Crippen molar-refractivity contribution in [2.75, 3.05) is 6.61 Å². The van der Waals surface area contributed by atoms with Gasteiger partial charge in [0.2, 0.25) is 0 Å². The highest BCUT2D eigenvalue weighted by Crippen LogP contribution is 2.45. The molecule has 0 aromatic heterocycles. The molecule has 1 aromatic rings. The number of rotatable bonds is 4. The van der Waals surface area contributed by atoms with E-state index in [1.165, 1.54) is 6.07 Å². The standard InChI is InChI=1S/C18H22F4O/c1-11-8-15(13-4-5-13)17(9-16(11)19)23-10-12-2-6-14(7-3-12)18(20,21)22/h8-9,12-14H,2-7,10H2,1H3. The molecule has 2 saturated carbocycles. The van der Waals surface area contributed by atoms with Gasteiger partial charge in [-0.25, -0.2) is 4.39 Å². The van der Waals surface area contributed by atoms with Crippen LogP contribution in [0.3, 0.4) is 0 Å². The van der Waals surface area contributed by atoms with Crippen molar-refractivity contribution < 1.29 is 22.3 Å². The van der Waals surface area contributed by atoms with Gasteiger partial charge in [0.05, 0.1) is 12.5 Å². The van der Waals surface area contributed by atoms with Crippen molar-refractivity contribution in [1.29, 1.82) is 0 Å². The van der Waals surface area contributed by atoms with E-state index in [9.17, 15) is 17.6 Å². The monoisotopic (exact) mass is 330 g/mol. The number of ether oxygens (including phenoxy) is 1. The first-order valence-electron chi connectivity index (χ1n) is 8.34. The van der Waals surface area contributed by atoms with E-state index in [4.69, 9.17) is 4.74 Å². The zero-order chi connectivity index (χ0) is 16.6. The lowest BCUT2D eigenvalue weighted by Gasteiger charge is -2.29. The molecule has 0 spiro atoms. The molecule has 23 heavy (non-hydrogen) atoms. The van der Waals surface area contributed by atoms with Crippen LogP contribution in [0.2, 0.25) is 0 Å². The first kappa shape index (κ1) is 16.6. The quantitative estimate of drug-likeness (QED) is 0.638. The summed E-state index contributed by atoms with van der Waals surface area (Å²) in [5.74, 6) is -0.299. The largest absolute Gasteiger partial charge is 0.493 e. The molecule has 0 amide bonds. The Hall–Kier alpha value is -1.26. The van der Waals surface area contributed by atoms with E-state index in [2.05, 4.69) is 0 Å². The highest BCUT2D eigenvalue weighted by atomic mass is 19.4. The summed E-state index contributed by atoms with van der Waals surface area (Å²) in [7, 11) is 0. The number of hydrogen-bond acceptors (Lipinski definition) is 1. The van der Waals surface area contributed by atoms with Crippen LogP contribution >= 0.6 is 0 Å². The van der Waals surface area contributed by atoms with Gasteiger partial charge in [-0.05, 0) is 74.5 Å². The Kier molecular flexibility index (Phi) is 4.56. The molecule has 1 nitrogen and oxygen atoms in total. The molecule has 0 unspecified atom stereocenters. The van der Waals surface area contributed by atoms with Gasteiger partial charge in [-0.2, -0.15) is 13.2 Å². The summed E-state index contributed by atoms with van der Waals surface area (Å²) in [5, 5.41) is 0. The van der Waals surface area contributed by atoms with Crippen molar-refractivity contribution in [3.8, 4) is 5.75 Å². The highest BCUT2D eigenvalue weighted by molar-refractivity contribution is 5.42. The zero-order valence-electron chi connectivity index (χ0n) is 13.3. The van der Waals surface area contributed by atoms with Gasteiger partial charge in [-0.3, -0.25) is 0 Å². The molecule has 0 N–H and O–H groups in total. The normalized spacial score (nSPS) is 25.4. The Morgan fingerprint density at radius 1 is 1.04 bits per heavy atom. The molecule has 0 radical (unpaired) electrons. The van der Waals surface area contributed by atoms with Crippen molar-refractivity contribution in [3.05, 3.63) is 29.1 Å². The van der Waals surface area contributed by atoms with Crippen LogP contribution in [-0.4, -0.2) is 12.8 Å². The average molecular weight is 330 g/mol. The van der Waals surface area contributed by atoms with Gasteiger partial charge < -0.3 is 4.74 Å². The molecule has 0 saturated heterocycles. The topological polar surface area (TPSA) is 9.23 Å². The van der Waals surface area contributed by atoms with E-state index in [-0.39, 0.29) is 24.6 Å². The second kappa shape index (κ2) is 6.33. The molecule has 0 bridgehead atoms. The number of aryl methyl sites for hydroxylation is 1. The number of halogens is 4. The predicted octanol–water partition coefficient (Wildman–Crippen LogP) is 5.76. The highest BCUT2D eigenvalue weighted by Gasteiger charge is 2.41. The summed E-state index contributed by atoms with van der Waals surface area (Å²) in [6.45, 7) is 2.12. The van der Waals surface area contributed by atoms with E-state index < -0.39 is 12.1 Å². The Morgan fingerprint density at radius 3 is 2.26 bits per heavy atom. The maximum atomic E-state index is 13.8. The van der Waals surface area contributed by atoms with Crippen LogP contribution < -0.4 is 4.74 Å². The molecule has 0 aliphatic heterocycles. The fourth-order valence-electron chi connectivity index (χ4n) is 3.39. The summed E-state index contributed by atoms with van der Waals surface area (Å²) in [5.41, 5.74) is 1.66. The minimum Gasteiger partial charge on any atom is -0.493 e. The smallest absolute Gasteiger partial charge is 0.391 e. The molecule has 3 rings (SSSR count). The van der Waals surface area contributed by atoms with E-state index in [0.717, 1.165) is 18.4 Å². The van der Waals surface area contributed by atoms with E-state index >= 15 is 0 Å². The van der Waals surface area contributed by atoms with Gasteiger partial charge in [0.25, 0.3) is 0 Å². The van der Waals surface area contributed by atoms with Gasteiger partial charge in [0, 0.05) is 6.07 Å². The van der Waals surface area contributed by atoms with Crippen LogP contribution in [-0.2, 0) is 0 Å². The maximum absolute atomic E-state index is 13.8. The SMILES string of the molecule is Cc1cc(C2CC2)c(OCC2CCC(C(F)(F)F)CC2)cc1F. The summed E-state index contributed by atoms with van der Waals surface area (Å²) in [6.07, 6.45) is -0.486. The van der Waals surface area contributed by atoms with Crippen molar-refractivity contribution >= 4 is 0 Å². The van der Waals surface area contributed by atoms with Crippen LogP contribution in [0.15, 0.2) is 12.1 Å². The van der Waals surface area contributed by atoms with E-state index in [1.807, 2.05) is 6.07 Å². The van der Waals surface area contributed by atoms with Gasteiger partial charge in [-0.15, -0.1) is 0 Å². The van der Waals surface area contributed by atoms with Gasteiger partial charge in [0.15, 0.2) is 0 Å². The summed E-state index contributed by atoms with van der Waals surface area (Å²) in [4.78, 5) is 0. The van der Waals surface area contributed by atoms with Crippen molar-refractivity contribution in [1.82, 2.24) is 0 Å². The summed E-state index contributed by atoms with van der Waals surface area (Å²) in [6, 6.07) is 3.28. The van der Waals surface area contributed by atoms with Crippen LogP contribution in [0.1, 0.15) is 55.6 Å². The Balaban J connectivity index is 1.58. The third kappa shape index (κ3) is 3.99. The lowest BCUT2D eigenvalue weighted by molar-refractivity contribution is -0.184. The Morgan fingerprint density at radius 2 is 1.70 bits per heavy atom. The summed E-state index contributed by atoms with van der Waals surface area (Å²) < 4.78 is 57.6. The molecule has 2 aliphatic carbocycles. The Bertz CT molecular complexity index is 555. The lowest BCUT2D eigenvalue weighted by atomic mass is 9.82. The predicted molar refractivity (Wildman–Crippen MR) is 80.1 cm³/mol. The maximum Gasteiger partial charge on any atom is 0.391 e. The van der Waals surface area contributed by atoms with Crippen molar-refractivity contribution in [2.45, 2.75) is 57.5 Å². The molecule has 5 heteroatoms. The third-order valence-corrected chi connectivity index (χ3v) is 5.09. The van der Waals surface area contributed by atoms with Crippen LogP contribution in [0.4, 0.5) is 17.6 Å². The second-order valence-electron chi connectivity index (χ2n) is 6.98. The lowest BCUT2D eigenvalue weighted by Crippen LogP contribution is -2.29. The molecule has 2 fully saturated rings. The molecule has 0 heterocycles. The molecule has 0 atom stereocenters. The van der Waals surface area contributed by atoms with E-state index in [0.29, 0.717) is 36.7 Å². The zero-order valence-corrected chi connectivity index (χ0v) is 13.3. The van der Waals surface area contributed by atoms with E-state index in [1.54, 1.807) is 6.92 Å². The molecule has 128 valence electrons. The minimum atomic E-state index is -4.08. The molecule has 1 aromatic carbocycles. The second-order valence-corrected chi connectivity index (χ2v) is 6.98. The molecular weight excluding hydrogens is 308 g/mol. The first-order valence-corrected chi connectivity index (χ1v) is 8.34.